The van der Waals surface area contributed by atoms with Crippen molar-refractivity contribution < 1.29 is 26.3 Å². The van der Waals surface area contributed by atoms with Gasteiger partial charge in [-0.2, -0.15) is 0 Å². The summed E-state index contributed by atoms with van der Waals surface area (Å²) >= 11 is 0. The van der Waals surface area contributed by atoms with Gasteiger partial charge in [0.05, 0.1) is 0 Å². The van der Waals surface area contributed by atoms with Crippen LogP contribution < -0.4 is 0 Å². The van der Waals surface area contributed by atoms with E-state index in [1.165, 1.54) is 0 Å². The molecule has 3 aromatic carbocycles. The predicted molar refractivity (Wildman–Crippen MR) is 77.1 cm³/mol. The summed E-state index contributed by atoms with van der Waals surface area (Å²) < 4.78 is 82.7. The highest BCUT2D eigenvalue weighted by molar-refractivity contribution is 5.84. The first-order valence-electron chi connectivity index (χ1n) is 6.77. The fourth-order valence-electron chi connectivity index (χ4n) is 2.46. The van der Waals surface area contributed by atoms with Gasteiger partial charge < -0.3 is 0 Å². The molecule has 0 aromatic heterocycles. The van der Waals surface area contributed by atoms with Gasteiger partial charge >= 0.3 is 0 Å². The van der Waals surface area contributed by atoms with Gasteiger partial charge in [0, 0.05) is 34.4 Å². The van der Waals surface area contributed by atoms with Gasteiger partial charge in [0.1, 0.15) is 34.9 Å². The molecule has 0 radical (unpaired) electrons. The third kappa shape index (κ3) is 2.75. The second-order valence-corrected chi connectivity index (χ2v) is 5.03. The summed E-state index contributed by atoms with van der Waals surface area (Å²) in [6, 6.07) is 6.09. The van der Waals surface area contributed by atoms with E-state index in [0.717, 1.165) is 36.4 Å². The molecule has 24 heavy (non-hydrogen) atoms. The molecule has 0 aliphatic rings. The molecule has 0 bridgehead atoms. The van der Waals surface area contributed by atoms with Crippen LogP contribution in [0.3, 0.4) is 0 Å². The van der Waals surface area contributed by atoms with E-state index in [1.807, 2.05) is 0 Å². The Morgan fingerprint density at radius 2 is 0.792 bits per heavy atom. The van der Waals surface area contributed by atoms with Crippen molar-refractivity contribution in [2.75, 3.05) is 0 Å². The van der Waals surface area contributed by atoms with Crippen LogP contribution in [0.1, 0.15) is 0 Å². The van der Waals surface area contributed by atoms with Crippen LogP contribution in [0.25, 0.3) is 22.3 Å². The largest absolute Gasteiger partial charge is 0.207 e. The molecule has 0 nitrogen and oxygen atoms in total. The molecule has 0 amide bonds. The maximum absolute atomic E-state index is 14.3. The van der Waals surface area contributed by atoms with Crippen LogP contribution in [0.2, 0.25) is 0 Å². The van der Waals surface area contributed by atoms with Gasteiger partial charge in [-0.05, 0) is 36.4 Å². The van der Waals surface area contributed by atoms with Crippen molar-refractivity contribution in [3.8, 4) is 22.3 Å². The lowest BCUT2D eigenvalue weighted by atomic mass is 9.93. The zero-order valence-electron chi connectivity index (χ0n) is 11.9. The van der Waals surface area contributed by atoms with Crippen molar-refractivity contribution >= 4 is 0 Å². The second-order valence-electron chi connectivity index (χ2n) is 5.03. The van der Waals surface area contributed by atoms with Gasteiger partial charge in [-0.15, -0.1) is 0 Å². The Morgan fingerprint density at radius 3 is 1.12 bits per heavy atom. The molecule has 0 aliphatic carbocycles. The number of hydrogen-bond donors (Lipinski definition) is 0. The first kappa shape index (κ1) is 16.1. The van der Waals surface area contributed by atoms with Crippen LogP contribution in [0, 0.1) is 34.9 Å². The van der Waals surface area contributed by atoms with Crippen molar-refractivity contribution in [2.24, 2.45) is 0 Å². The van der Waals surface area contributed by atoms with Crippen LogP contribution in [0.15, 0.2) is 48.5 Å². The molecule has 0 atom stereocenters. The Balaban J connectivity index is 2.36. The lowest BCUT2D eigenvalue weighted by molar-refractivity contribution is 0.576. The maximum atomic E-state index is 14.3. The standard InChI is InChI=1S/C18H8F6/c19-9-1-3-11(15(23)7-9)17-13(21)5-6-14(22)18(17)12-4-2-10(20)8-16(12)24/h1-8H. The molecule has 0 unspecified atom stereocenters. The Kier molecular flexibility index (Phi) is 4.05. The minimum absolute atomic E-state index is 0.438. The van der Waals surface area contributed by atoms with Gasteiger partial charge in [0.2, 0.25) is 0 Å². The molecule has 6 heteroatoms. The minimum atomic E-state index is -1.14. The smallest absolute Gasteiger partial charge is 0.134 e. The average molecular weight is 338 g/mol. The normalized spacial score (nSPS) is 10.9. The van der Waals surface area contributed by atoms with Gasteiger partial charge in [0.15, 0.2) is 0 Å². The van der Waals surface area contributed by atoms with Crippen molar-refractivity contribution in [2.45, 2.75) is 0 Å². The van der Waals surface area contributed by atoms with Crippen LogP contribution in [-0.4, -0.2) is 0 Å². The van der Waals surface area contributed by atoms with Gasteiger partial charge in [-0.1, -0.05) is 0 Å². The fourth-order valence-corrected chi connectivity index (χ4v) is 2.46. The van der Waals surface area contributed by atoms with E-state index in [4.69, 9.17) is 0 Å². The van der Waals surface area contributed by atoms with Gasteiger partial charge in [-0.25, -0.2) is 26.3 Å². The van der Waals surface area contributed by atoms with E-state index in [-0.39, 0.29) is 0 Å². The maximum Gasteiger partial charge on any atom is 0.134 e. The molecular weight excluding hydrogens is 330 g/mol. The number of halogens is 6. The van der Waals surface area contributed by atoms with Crippen LogP contribution >= 0.6 is 0 Å². The highest BCUT2D eigenvalue weighted by Gasteiger charge is 2.22. The highest BCUT2D eigenvalue weighted by Crippen LogP contribution is 2.38. The van der Waals surface area contributed by atoms with E-state index in [1.54, 1.807) is 0 Å². The van der Waals surface area contributed by atoms with E-state index in [2.05, 4.69) is 0 Å². The van der Waals surface area contributed by atoms with Crippen LogP contribution in [0.5, 0.6) is 0 Å². The second kappa shape index (κ2) is 6.03. The molecule has 0 saturated heterocycles. The SMILES string of the molecule is Fc1ccc(-c2c(F)ccc(F)c2-c2ccc(F)cc2F)c(F)c1. The molecule has 0 heterocycles. The summed E-state index contributed by atoms with van der Waals surface area (Å²) in [5, 5.41) is 0. The fraction of sp³-hybridized carbons (Fsp3) is 0. The summed E-state index contributed by atoms with van der Waals surface area (Å²) in [7, 11) is 0. The van der Waals surface area contributed by atoms with Crippen molar-refractivity contribution in [3.63, 3.8) is 0 Å². The number of hydrogen-bond acceptors (Lipinski definition) is 0. The Bertz CT molecular complexity index is 857. The monoisotopic (exact) mass is 338 g/mol. The lowest BCUT2D eigenvalue weighted by Gasteiger charge is -2.14. The Morgan fingerprint density at radius 1 is 0.417 bits per heavy atom. The van der Waals surface area contributed by atoms with Crippen LogP contribution in [0.4, 0.5) is 26.3 Å². The third-order valence-electron chi connectivity index (χ3n) is 3.50. The lowest BCUT2D eigenvalue weighted by Crippen LogP contribution is -1.98. The van der Waals surface area contributed by atoms with Crippen LogP contribution in [-0.2, 0) is 0 Å². The van der Waals surface area contributed by atoms with Crippen molar-refractivity contribution in [1.29, 1.82) is 0 Å². The van der Waals surface area contributed by atoms with E-state index < -0.39 is 57.2 Å². The number of rotatable bonds is 2. The van der Waals surface area contributed by atoms with E-state index in [9.17, 15) is 26.3 Å². The zero-order chi connectivity index (χ0) is 17.4. The minimum Gasteiger partial charge on any atom is -0.207 e. The summed E-state index contributed by atoms with van der Waals surface area (Å²) in [5.41, 5.74) is -2.02. The Hall–Kier alpha value is -2.76. The molecule has 0 N–H and O–H groups in total. The molecule has 0 spiro atoms. The molecule has 0 saturated carbocycles. The molecule has 3 aromatic rings. The summed E-state index contributed by atoms with van der Waals surface area (Å²) in [6.07, 6.45) is 0. The predicted octanol–water partition coefficient (Wildman–Crippen LogP) is 5.86. The van der Waals surface area contributed by atoms with Gasteiger partial charge in [-0.3, -0.25) is 0 Å². The number of benzene rings is 3. The molecule has 0 fully saturated rings. The quantitative estimate of drug-likeness (QED) is 0.514. The first-order valence-corrected chi connectivity index (χ1v) is 6.77. The molecule has 3 rings (SSSR count). The summed E-state index contributed by atoms with van der Waals surface area (Å²) in [4.78, 5) is 0. The molecule has 122 valence electrons. The van der Waals surface area contributed by atoms with Crippen molar-refractivity contribution in [1.82, 2.24) is 0 Å². The molecular formula is C18H8F6. The molecule has 0 aliphatic heterocycles. The summed E-state index contributed by atoms with van der Waals surface area (Å²) in [5.74, 6) is -6.13. The first-order chi connectivity index (χ1) is 11.4. The Labute approximate surface area is 133 Å². The highest BCUT2D eigenvalue weighted by atomic mass is 19.2. The zero-order valence-corrected chi connectivity index (χ0v) is 11.9. The van der Waals surface area contributed by atoms with Crippen molar-refractivity contribution in [3.05, 3.63) is 83.4 Å². The summed E-state index contributed by atoms with van der Waals surface area (Å²) in [6.45, 7) is 0. The third-order valence-corrected chi connectivity index (χ3v) is 3.50. The van der Waals surface area contributed by atoms with Gasteiger partial charge in [0.25, 0.3) is 0 Å². The van der Waals surface area contributed by atoms with E-state index in [0.29, 0.717) is 12.1 Å². The topological polar surface area (TPSA) is 0 Å². The average Bonchev–Trinajstić information content (AvgIpc) is 2.51. The van der Waals surface area contributed by atoms with E-state index >= 15 is 0 Å².